The predicted molar refractivity (Wildman–Crippen MR) is 105 cm³/mol. The number of nitrogens with zero attached hydrogens (tertiary/aromatic N) is 4. The van der Waals surface area contributed by atoms with E-state index in [-0.39, 0.29) is 29.6 Å². The third kappa shape index (κ3) is 4.14. The average molecular weight is 397 g/mol. The summed E-state index contributed by atoms with van der Waals surface area (Å²) in [5.74, 6) is 1.22. The Balaban J connectivity index is 1.45. The molecule has 3 aromatic rings. The van der Waals surface area contributed by atoms with Crippen molar-refractivity contribution in [3.8, 4) is 11.4 Å². The third-order valence-electron chi connectivity index (χ3n) is 5.02. The number of aryl methyl sites for hydroxylation is 1. The lowest BCUT2D eigenvalue weighted by Crippen LogP contribution is -2.32. The quantitative estimate of drug-likeness (QED) is 0.641. The number of methoxy groups -OCH3 is 1. The fourth-order valence-corrected chi connectivity index (χ4v) is 3.40. The number of ether oxygens (including phenoxy) is 2. The third-order valence-corrected chi connectivity index (χ3v) is 5.02. The highest BCUT2D eigenvalue weighted by Gasteiger charge is 2.17. The molecule has 1 aromatic carbocycles. The Morgan fingerprint density at radius 3 is 2.83 bits per heavy atom. The summed E-state index contributed by atoms with van der Waals surface area (Å²) < 4.78 is 13.8. The zero-order valence-electron chi connectivity index (χ0n) is 16.2. The van der Waals surface area contributed by atoms with E-state index in [2.05, 4.69) is 15.5 Å². The van der Waals surface area contributed by atoms with Gasteiger partial charge in [0.15, 0.2) is 0 Å². The molecule has 152 valence electrons. The molecule has 2 aromatic heterocycles. The maximum absolute atomic E-state index is 12.8. The summed E-state index contributed by atoms with van der Waals surface area (Å²) in [6, 6.07) is 7.17. The normalized spacial score (nSPS) is 16.2. The first kappa shape index (κ1) is 19.1. The molecule has 9 nitrogen and oxygen atoms in total. The molecule has 9 heteroatoms. The van der Waals surface area contributed by atoms with E-state index < -0.39 is 0 Å². The Morgan fingerprint density at radius 1 is 1.28 bits per heavy atom. The van der Waals surface area contributed by atoms with Crippen LogP contribution < -0.4 is 15.6 Å². The van der Waals surface area contributed by atoms with Crippen molar-refractivity contribution in [2.24, 2.45) is 0 Å². The van der Waals surface area contributed by atoms with Gasteiger partial charge in [-0.3, -0.25) is 18.6 Å². The number of hydrogen-bond donors (Lipinski definition) is 1. The van der Waals surface area contributed by atoms with Crippen molar-refractivity contribution >= 4 is 11.6 Å². The molecule has 0 saturated carbocycles. The fourth-order valence-electron chi connectivity index (χ4n) is 3.40. The van der Waals surface area contributed by atoms with Gasteiger partial charge in [0.05, 0.1) is 13.2 Å². The summed E-state index contributed by atoms with van der Waals surface area (Å²) >= 11 is 0. The van der Waals surface area contributed by atoms with Crippen LogP contribution in [0.5, 0.6) is 5.75 Å². The molecule has 3 heterocycles. The van der Waals surface area contributed by atoms with E-state index in [1.54, 1.807) is 48.2 Å². The van der Waals surface area contributed by atoms with Crippen LogP contribution in [0.1, 0.15) is 25.1 Å². The Labute approximate surface area is 167 Å². The van der Waals surface area contributed by atoms with Crippen LogP contribution in [0.4, 0.5) is 0 Å². The Bertz CT molecular complexity index is 1050. The minimum Gasteiger partial charge on any atom is -0.497 e. The number of hydrogen-bond acceptors (Lipinski definition) is 6. The molecule has 0 spiro atoms. The number of amides is 1. The highest BCUT2D eigenvalue weighted by molar-refractivity contribution is 5.76. The van der Waals surface area contributed by atoms with E-state index >= 15 is 0 Å². The number of aromatic nitrogens is 4. The van der Waals surface area contributed by atoms with Gasteiger partial charge >= 0.3 is 5.56 Å². The predicted octanol–water partition coefficient (Wildman–Crippen LogP) is 1.12. The molecule has 29 heavy (non-hydrogen) atoms. The van der Waals surface area contributed by atoms with E-state index in [1.165, 1.54) is 4.57 Å². The molecule has 0 bridgehead atoms. The molecule has 0 aliphatic carbocycles. The monoisotopic (exact) mass is 397 g/mol. The van der Waals surface area contributed by atoms with Crippen molar-refractivity contribution in [2.75, 3.05) is 20.3 Å². The first-order valence-electron chi connectivity index (χ1n) is 9.63. The minimum absolute atomic E-state index is 0.0659. The number of fused-ring (bicyclic) bond motifs is 1. The van der Waals surface area contributed by atoms with Gasteiger partial charge in [-0.25, -0.2) is 0 Å². The zero-order chi connectivity index (χ0) is 20.2. The number of nitrogens with one attached hydrogen (secondary N) is 1. The summed E-state index contributed by atoms with van der Waals surface area (Å²) in [7, 11) is 1.59. The number of carbonyl (C=O) groups excluding carboxylic acids is 1. The molecule has 1 saturated heterocycles. The molecule has 1 aliphatic rings. The van der Waals surface area contributed by atoms with Crippen LogP contribution >= 0.6 is 0 Å². The lowest BCUT2D eigenvalue weighted by Gasteiger charge is -2.10. The van der Waals surface area contributed by atoms with E-state index in [0.717, 1.165) is 19.4 Å². The van der Waals surface area contributed by atoms with Crippen molar-refractivity contribution < 1.29 is 14.3 Å². The molecule has 0 unspecified atom stereocenters. The SMILES string of the molecule is COc1ccc(-n2ccn3c(CCC(=O)NC[C@H]4CCCO4)nnc3c2=O)cc1. The van der Waals surface area contributed by atoms with Crippen LogP contribution in [0.15, 0.2) is 41.5 Å². The second-order valence-electron chi connectivity index (χ2n) is 6.92. The molecule has 1 amide bonds. The lowest BCUT2D eigenvalue weighted by atomic mass is 10.2. The maximum Gasteiger partial charge on any atom is 0.300 e. The second-order valence-corrected chi connectivity index (χ2v) is 6.92. The smallest absolute Gasteiger partial charge is 0.300 e. The van der Waals surface area contributed by atoms with Crippen LogP contribution in [0.3, 0.4) is 0 Å². The number of rotatable bonds is 7. The van der Waals surface area contributed by atoms with Gasteiger partial charge in [0, 0.05) is 44.1 Å². The largest absolute Gasteiger partial charge is 0.497 e. The van der Waals surface area contributed by atoms with Gasteiger partial charge < -0.3 is 14.8 Å². The Hall–Kier alpha value is -3.20. The van der Waals surface area contributed by atoms with Crippen molar-refractivity contribution in [1.29, 1.82) is 0 Å². The van der Waals surface area contributed by atoms with Crippen LogP contribution in [0.25, 0.3) is 11.3 Å². The van der Waals surface area contributed by atoms with Crippen molar-refractivity contribution in [3.63, 3.8) is 0 Å². The van der Waals surface area contributed by atoms with Gasteiger partial charge in [-0.2, -0.15) is 0 Å². The molecule has 1 N–H and O–H groups in total. The van der Waals surface area contributed by atoms with Crippen LogP contribution in [0.2, 0.25) is 0 Å². The van der Waals surface area contributed by atoms with Crippen LogP contribution in [0, 0.1) is 0 Å². The number of benzene rings is 1. The maximum atomic E-state index is 12.8. The average Bonchev–Trinajstić information content (AvgIpc) is 3.41. The first-order chi connectivity index (χ1) is 14.2. The Morgan fingerprint density at radius 2 is 2.10 bits per heavy atom. The first-order valence-corrected chi connectivity index (χ1v) is 9.63. The zero-order valence-corrected chi connectivity index (χ0v) is 16.2. The molecule has 1 atom stereocenters. The van der Waals surface area contributed by atoms with Gasteiger partial charge in [-0.1, -0.05) is 0 Å². The summed E-state index contributed by atoms with van der Waals surface area (Å²) in [6.45, 7) is 1.30. The molecule has 1 aliphatic heterocycles. The fraction of sp³-hybridized carbons (Fsp3) is 0.400. The van der Waals surface area contributed by atoms with Crippen LogP contribution in [-0.2, 0) is 16.0 Å². The molecular formula is C20H23N5O4. The van der Waals surface area contributed by atoms with Gasteiger partial charge in [-0.05, 0) is 37.1 Å². The highest BCUT2D eigenvalue weighted by Crippen LogP contribution is 2.14. The minimum atomic E-state index is -0.278. The summed E-state index contributed by atoms with van der Waals surface area (Å²) in [6.07, 6.45) is 6.21. The molecule has 0 radical (unpaired) electrons. The lowest BCUT2D eigenvalue weighted by molar-refractivity contribution is -0.121. The summed E-state index contributed by atoms with van der Waals surface area (Å²) in [4.78, 5) is 24.9. The van der Waals surface area contributed by atoms with Gasteiger partial charge in [0.1, 0.15) is 11.6 Å². The van der Waals surface area contributed by atoms with Crippen molar-refractivity contribution in [1.82, 2.24) is 24.5 Å². The summed E-state index contributed by atoms with van der Waals surface area (Å²) in [5, 5.41) is 11.0. The molecular weight excluding hydrogens is 374 g/mol. The van der Waals surface area contributed by atoms with Crippen molar-refractivity contribution in [2.45, 2.75) is 31.8 Å². The molecule has 4 rings (SSSR count). The second kappa shape index (κ2) is 8.44. The topological polar surface area (TPSA) is 99.8 Å². The van der Waals surface area contributed by atoms with Gasteiger partial charge in [0.25, 0.3) is 0 Å². The van der Waals surface area contributed by atoms with Gasteiger partial charge in [-0.15, -0.1) is 10.2 Å². The van der Waals surface area contributed by atoms with E-state index in [0.29, 0.717) is 30.2 Å². The van der Waals surface area contributed by atoms with E-state index in [4.69, 9.17) is 9.47 Å². The summed E-state index contributed by atoms with van der Waals surface area (Å²) in [5.41, 5.74) is 0.647. The van der Waals surface area contributed by atoms with E-state index in [1.807, 2.05) is 0 Å². The number of carbonyl (C=O) groups is 1. The standard InChI is InChI=1S/C20H23N5O4/c1-28-15-6-4-14(5-7-15)24-10-11-25-17(22-23-19(25)20(24)27)8-9-18(26)21-13-16-3-2-12-29-16/h4-7,10-11,16H,2-3,8-9,12-13H2,1H3,(H,21,26)/t16-/m1/s1. The highest BCUT2D eigenvalue weighted by atomic mass is 16.5. The Kier molecular flexibility index (Phi) is 5.57. The van der Waals surface area contributed by atoms with E-state index in [9.17, 15) is 9.59 Å². The molecule has 1 fully saturated rings. The van der Waals surface area contributed by atoms with Crippen molar-refractivity contribution in [3.05, 3.63) is 52.8 Å². The van der Waals surface area contributed by atoms with Gasteiger partial charge in [0.2, 0.25) is 11.6 Å². The van der Waals surface area contributed by atoms with Crippen LogP contribution in [-0.4, -0.2) is 51.4 Å².